The van der Waals surface area contributed by atoms with Gasteiger partial charge in [0.1, 0.15) is 0 Å². The Hall–Kier alpha value is -4.86. The zero-order valence-corrected chi connectivity index (χ0v) is 27.6. The van der Waals surface area contributed by atoms with E-state index in [1.54, 1.807) is 37.8 Å². The molecule has 0 unspecified atom stereocenters. The molecule has 0 bridgehead atoms. The molecular weight excluding hydrogens is 622 g/mol. The van der Waals surface area contributed by atoms with E-state index in [1.807, 2.05) is 86.7 Å². The number of nitrogens with zero attached hydrogens (tertiary/aromatic N) is 3. The van der Waals surface area contributed by atoms with Crippen molar-refractivity contribution in [2.45, 2.75) is 26.8 Å². The number of hydrogen-bond donors (Lipinski definition) is 0. The minimum absolute atomic E-state index is 0.162. The van der Waals surface area contributed by atoms with Crippen LogP contribution in [0.5, 0.6) is 11.5 Å². The Labute approximate surface area is 275 Å². The van der Waals surface area contributed by atoms with E-state index in [4.69, 9.17) is 30.8 Å². The molecule has 0 radical (unpaired) electrons. The maximum absolute atomic E-state index is 14.4. The predicted octanol–water partition coefficient (Wildman–Crippen LogP) is 6.01. The van der Waals surface area contributed by atoms with Gasteiger partial charge in [0.25, 0.3) is 5.56 Å². The van der Waals surface area contributed by atoms with Crippen LogP contribution in [0.4, 0.5) is 0 Å². The lowest BCUT2D eigenvalue weighted by Crippen LogP contribution is -2.40. The molecular formula is C36H32ClN3O5S. The molecule has 5 aromatic rings. The summed E-state index contributed by atoms with van der Waals surface area (Å²) in [4.78, 5) is 33.6. The van der Waals surface area contributed by atoms with Crippen molar-refractivity contribution >= 4 is 40.7 Å². The molecule has 1 aliphatic heterocycles. The first kappa shape index (κ1) is 31.1. The minimum Gasteiger partial charge on any atom is -0.493 e. The molecule has 0 saturated carbocycles. The van der Waals surface area contributed by atoms with Crippen molar-refractivity contribution in [1.29, 1.82) is 0 Å². The highest BCUT2D eigenvalue weighted by molar-refractivity contribution is 7.07. The van der Waals surface area contributed by atoms with E-state index in [9.17, 15) is 9.59 Å². The quantitative estimate of drug-likeness (QED) is 0.192. The Kier molecular flexibility index (Phi) is 8.71. The van der Waals surface area contributed by atoms with E-state index in [0.717, 1.165) is 28.2 Å². The number of hydrogen-bond acceptors (Lipinski definition) is 7. The maximum atomic E-state index is 14.4. The molecule has 46 heavy (non-hydrogen) atoms. The van der Waals surface area contributed by atoms with Gasteiger partial charge in [-0.05, 0) is 74.4 Å². The highest BCUT2D eigenvalue weighted by atomic mass is 35.5. The van der Waals surface area contributed by atoms with Crippen LogP contribution in [-0.2, 0) is 9.53 Å². The van der Waals surface area contributed by atoms with E-state index >= 15 is 0 Å². The lowest BCUT2D eigenvalue weighted by Gasteiger charge is -2.26. The average molecular weight is 654 g/mol. The third-order valence-electron chi connectivity index (χ3n) is 7.92. The molecule has 0 saturated heterocycles. The van der Waals surface area contributed by atoms with Crippen molar-refractivity contribution in [3.8, 4) is 17.2 Å². The number of ether oxygens (including phenoxy) is 3. The van der Waals surface area contributed by atoms with Crippen molar-refractivity contribution < 1.29 is 19.0 Å². The summed E-state index contributed by atoms with van der Waals surface area (Å²) in [5.41, 5.74) is 5.60. The molecule has 0 aliphatic carbocycles. The van der Waals surface area contributed by atoms with Crippen LogP contribution >= 0.6 is 22.9 Å². The van der Waals surface area contributed by atoms with Gasteiger partial charge in [-0.15, -0.1) is 0 Å². The number of aromatic nitrogens is 2. The highest BCUT2D eigenvalue weighted by Gasteiger charge is 2.35. The van der Waals surface area contributed by atoms with Crippen LogP contribution in [0.15, 0.2) is 94.2 Å². The summed E-state index contributed by atoms with van der Waals surface area (Å²) in [7, 11) is 3.10. The molecule has 0 N–H and O–H groups in total. The van der Waals surface area contributed by atoms with Gasteiger partial charge >= 0.3 is 5.97 Å². The Balaban J connectivity index is 1.62. The number of fused-ring (bicyclic) bond motifs is 1. The van der Waals surface area contributed by atoms with Crippen LogP contribution in [0, 0.1) is 13.8 Å². The van der Waals surface area contributed by atoms with Crippen molar-refractivity contribution in [2.75, 3.05) is 20.8 Å². The van der Waals surface area contributed by atoms with Crippen LogP contribution in [0.1, 0.15) is 41.0 Å². The van der Waals surface area contributed by atoms with Crippen molar-refractivity contribution in [2.24, 2.45) is 4.99 Å². The van der Waals surface area contributed by atoms with E-state index in [0.29, 0.717) is 37.1 Å². The summed E-state index contributed by atoms with van der Waals surface area (Å²) >= 11 is 7.58. The zero-order chi connectivity index (χ0) is 32.5. The highest BCUT2D eigenvalue weighted by Crippen LogP contribution is 2.38. The second kappa shape index (κ2) is 12.9. The zero-order valence-electron chi connectivity index (χ0n) is 26.0. The largest absolute Gasteiger partial charge is 0.493 e. The summed E-state index contributed by atoms with van der Waals surface area (Å²) in [5, 5.41) is 0.640. The molecule has 6 rings (SSSR count). The van der Waals surface area contributed by atoms with Crippen LogP contribution in [-0.4, -0.2) is 35.9 Å². The Bertz CT molecular complexity index is 2180. The molecule has 3 heterocycles. The van der Waals surface area contributed by atoms with Crippen LogP contribution in [0.25, 0.3) is 17.5 Å². The van der Waals surface area contributed by atoms with Crippen molar-refractivity contribution in [3.63, 3.8) is 0 Å². The molecule has 0 spiro atoms. The van der Waals surface area contributed by atoms with Crippen LogP contribution < -0.4 is 24.4 Å². The third kappa shape index (κ3) is 5.57. The molecule has 1 aliphatic rings. The molecule has 8 nitrogen and oxygen atoms in total. The second-order valence-corrected chi connectivity index (χ2v) is 12.1. The van der Waals surface area contributed by atoms with Gasteiger partial charge in [-0.2, -0.15) is 0 Å². The summed E-state index contributed by atoms with van der Waals surface area (Å²) in [6.07, 6.45) is 1.88. The number of carbonyl (C=O) groups is 1. The van der Waals surface area contributed by atoms with E-state index in [2.05, 4.69) is 4.57 Å². The number of esters is 1. The maximum Gasteiger partial charge on any atom is 0.338 e. The summed E-state index contributed by atoms with van der Waals surface area (Å²) in [6, 6.07) is 23.7. The molecule has 234 valence electrons. The normalized spacial score (nSPS) is 14.6. The van der Waals surface area contributed by atoms with Crippen LogP contribution in [0.2, 0.25) is 5.02 Å². The molecule has 0 fully saturated rings. The van der Waals surface area contributed by atoms with Gasteiger partial charge in [0.2, 0.25) is 0 Å². The predicted molar refractivity (Wildman–Crippen MR) is 181 cm³/mol. The first-order chi connectivity index (χ1) is 22.2. The van der Waals surface area contributed by atoms with Gasteiger partial charge < -0.3 is 18.8 Å². The second-order valence-electron chi connectivity index (χ2n) is 10.7. The lowest BCUT2D eigenvalue weighted by atomic mass is 9.93. The summed E-state index contributed by atoms with van der Waals surface area (Å²) in [5.74, 6) is 0.444. The number of halogens is 1. The molecule has 2 aromatic heterocycles. The van der Waals surface area contributed by atoms with Crippen molar-refractivity contribution in [3.05, 3.63) is 137 Å². The number of aryl methyl sites for hydroxylation is 1. The van der Waals surface area contributed by atoms with Crippen LogP contribution in [0.3, 0.4) is 0 Å². The lowest BCUT2D eigenvalue weighted by molar-refractivity contribution is -0.138. The fourth-order valence-electron chi connectivity index (χ4n) is 5.87. The first-order valence-electron chi connectivity index (χ1n) is 14.7. The van der Waals surface area contributed by atoms with Crippen molar-refractivity contribution in [1.82, 2.24) is 9.13 Å². The number of benzene rings is 3. The van der Waals surface area contributed by atoms with Gasteiger partial charge in [-0.25, -0.2) is 9.79 Å². The van der Waals surface area contributed by atoms with E-state index in [1.165, 1.54) is 11.3 Å². The Morgan fingerprint density at radius 2 is 1.74 bits per heavy atom. The smallest absolute Gasteiger partial charge is 0.338 e. The number of rotatable bonds is 8. The topological polar surface area (TPSA) is 84.1 Å². The van der Waals surface area contributed by atoms with Gasteiger partial charge in [-0.3, -0.25) is 9.36 Å². The monoisotopic (exact) mass is 653 g/mol. The van der Waals surface area contributed by atoms with Gasteiger partial charge in [0.05, 0.1) is 42.7 Å². The molecule has 0 amide bonds. The average Bonchev–Trinajstić information content (AvgIpc) is 3.53. The molecule has 3 aromatic carbocycles. The first-order valence-corrected chi connectivity index (χ1v) is 15.9. The summed E-state index contributed by atoms with van der Waals surface area (Å²) < 4.78 is 20.8. The minimum atomic E-state index is -0.841. The standard InChI is InChI=1S/C36H32ClN3O5S/c1-6-45-35(42)31-32(23-11-8-7-9-12-23)38-36-40(33(31)24-15-16-28(43-4)29(18-24)44-5)34(41)30(46-36)19-25-17-21(2)39(22(25)3)27-14-10-13-26(37)20-27/h7-20,33H,6H2,1-5H3/b30-19+/t33-/m1/s1. The van der Waals surface area contributed by atoms with Gasteiger partial charge in [0, 0.05) is 27.7 Å². The Morgan fingerprint density at radius 3 is 2.43 bits per heavy atom. The number of carbonyl (C=O) groups excluding carboxylic acids is 1. The SMILES string of the molecule is CCOC(=O)C1=C(c2ccccc2)N=c2s/c(=C/c3cc(C)n(-c4cccc(Cl)c4)c3C)c(=O)n2[C@@H]1c1ccc(OC)c(OC)c1. The van der Waals surface area contributed by atoms with Gasteiger partial charge in [-0.1, -0.05) is 65.4 Å². The fourth-order valence-corrected chi connectivity index (χ4v) is 7.04. The summed E-state index contributed by atoms with van der Waals surface area (Å²) in [6.45, 7) is 5.94. The fraction of sp³-hybridized carbons (Fsp3) is 0.194. The number of methoxy groups -OCH3 is 2. The molecule has 10 heteroatoms. The molecule has 1 atom stereocenters. The van der Waals surface area contributed by atoms with Gasteiger partial charge in [0.15, 0.2) is 16.3 Å². The van der Waals surface area contributed by atoms with E-state index < -0.39 is 12.0 Å². The van der Waals surface area contributed by atoms with E-state index in [-0.39, 0.29) is 17.7 Å². The number of thiazole rings is 1. The Morgan fingerprint density at radius 1 is 0.978 bits per heavy atom. The third-order valence-corrected chi connectivity index (χ3v) is 9.14.